The van der Waals surface area contributed by atoms with Gasteiger partial charge in [0.2, 0.25) is 0 Å². The highest BCUT2D eigenvalue weighted by Crippen LogP contribution is 2.24. The average molecular weight is 302 g/mol. The summed E-state index contributed by atoms with van der Waals surface area (Å²) in [6.45, 7) is 2.81. The molecule has 2 N–H and O–H groups in total. The lowest BCUT2D eigenvalue weighted by Crippen LogP contribution is -2.34. The first-order chi connectivity index (χ1) is 8.10. The van der Waals surface area contributed by atoms with E-state index in [1.807, 2.05) is 6.92 Å². The minimum absolute atomic E-state index is 0.0382. The fourth-order valence-corrected chi connectivity index (χ4v) is 1.78. The third kappa shape index (κ3) is 3.71. The van der Waals surface area contributed by atoms with Gasteiger partial charge in [-0.2, -0.15) is 0 Å². The van der Waals surface area contributed by atoms with Crippen molar-refractivity contribution in [2.45, 2.75) is 13.3 Å². The highest BCUT2D eigenvalue weighted by Gasteiger charge is 2.15. The maximum atomic E-state index is 12.1. The highest BCUT2D eigenvalue weighted by atomic mass is 79.9. The van der Waals surface area contributed by atoms with Crippen molar-refractivity contribution in [2.75, 3.05) is 19.7 Å². The van der Waals surface area contributed by atoms with Crippen LogP contribution >= 0.6 is 15.9 Å². The van der Waals surface area contributed by atoms with Crippen molar-refractivity contribution < 1.29 is 15.0 Å². The van der Waals surface area contributed by atoms with Gasteiger partial charge in [-0.3, -0.25) is 4.79 Å². The molecule has 0 heterocycles. The Labute approximate surface area is 109 Å². The molecule has 0 spiro atoms. The van der Waals surface area contributed by atoms with Crippen LogP contribution in [0, 0.1) is 0 Å². The molecule has 0 aliphatic heterocycles. The van der Waals surface area contributed by atoms with Gasteiger partial charge in [0.25, 0.3) is 5.91 Å². The third-order valence-corrected chi connectivity index (χ3v) is 3.01. The molecule has 4 nitrogen and oxygen atoms in total. The predicted molar refractivity (Wildman–Crippen MR) is 69.1 cm³/mol. The van der Waals surface area contributed by atoms with Gasteiger partial charge < -0.3 is 15.1 Å². The molecule has 5 heteroatoms. The molecule has 1 aromatic carbocycles. The molecular formula is C12H16BrNO3. The van der Waals surface area contributed by atoms with Crippen LogP contribution in [0.5, 0.6) is 5.75 Å². The largest absolute Gasteiger partial charge is 0.507 e. The van der Waals surface area contributed by atoms with Crippen LogP contribution in [0.4, 0.5) is 0 Å². The van der Waals surface area contributed by atoms with E-state index >= 15 is 0 Å². The van der Waals surface area contributed by atoms with Crippen molar-refractivity contribution in [3.05, 3.63) is 28.2 Å². The normalized spacial score (nSPS) is 10.3. The number of benzene rings is 1. The molecule has 0 aliphatic rings. The number of nitrogens with zero attached hydrogens (tertiary/aromatic N) is 1. The van der Waals surface area contributed by atoms with Crippen LogP contribution in [-0.2, 0) is 0 Å². The SMILES string of the molecule is CCCN(CCO)C(=O)c1ccc(Br)c(O)c1. The van der Waals surface area contributed by atoms with Gasteiger partial charge in [0.1, 0.15) is 5.75 Å². The van der Waals surface area contributed by atoms with Crippen molar-refractivity contribution in [1.82, 2.24) is 4.90 Å². The minimum atomic E-state index is -0.177. The molecule has 0 aliphatic carbocycles. The zero-order valence-corrected chi connectivity index (χ0v) is 11.3. The zero-order valence-electron chi connectivity index (χ0n) is 9.69. The number of phenolic OH excluding ortho intramolecular Hbond substituents is 1. The summed E-state index contributed by atoms with van der Waals surface area (Å²) < 4.78 is 0.554. The van der Waals surface area contributed by atoms with Gasteiger partial charge in [0.15, 0.2) is 0 Å². The van der Waals surface area contributed by atoms with Gasteiger partial charge in [-0.05, 0) is 40.5 Å². The molecule has 1 aromatic rings. The summed E-state index contributed by atoms with van der Waals surface area (Å²) in [5.41, 5.74) is 0.424. The number of aliphatic hydroxyl groups is 1. The second kappa shape index (κ2) is 6.61. The van der Waals surface area contributed by atoms with Gasteiger partial charge in [0, 0.05) is 18.7 Å². The third-order valence-electron chi connectivity index (χ3n) is 2.34. The molecule has 0 fully saturated rings. The maximum absolute atomic E-state index is 12.1. The molecule has 0 bridgehead atoms. The lowest BCUT2D eigenvalue weighted by Gasteiger charge is -2.21. The summed E-state index contributed by atoms with van der Waals surface area (Å²) in [5.74, 6) is -0.139. The zero-order chi connectivity index (χ0) is 12.8. The Morgan fingerprint density at radius 3 is 2.65 bits per heavy atom. The number of carbonyl (C=O) groups is 1. The van der Waals surface area contributed by atoms with Crippen LogP contribution in [0.25, 0.3) is 0 Å². The fraction of sp³-hybridized carbons (Fsp3) is 0.417. The van der Waals surface area contributed by atoms with Crippen molar-refractivity contribution in [2.24, 2.45) is 0 Å². The van der Waals surface area contributed by atoms with Crippen LogP contribution in [-0.4, -0.2) is 40.7 Å². The van der Waals surface area contributed by atoms with Crippen LogP contribution in [0.2, 0.25) is 0 Å². The Hall–Kier alpha value is -1.07. The quantitative estimate of drug-likeness (QED) is 0.874. The summed E-state index contributed by atoms with van der Waals surface area (Å²) in [7, 11) is 0. The summed E-state index contributed by atoms with van der Waals surface area (Å²) in [6, 6.07) is 4.70. The molecule has 1 amide bonds. The monoisotopic (exact) mass is 301 g/mol. The first kappa shape index (κ1) is 14.0. The van der Waals surface area contributed by atoms with Gasteiger partial charge in [-0.1, -0.05) is 6.92 Å². The standard InChI is InChI=1S/C12H16BrNO3/c1-2-5-14(6-7-15)12(17)9-3-4-10(13)11(16)8-9/h3-4,8,15-16H,2,5-7H2,1H3. The number of rotatable bonds is 5. The van der Waals surface area contributed by atoms with E-state index in [4.69, 9.17) is 5.11 Å². The molecule has 0 saturated carbocycles. The number of hydrogen-bond donors (Lipinski definition) is 2. The number of phenols is 1. The molecule has 0 unspecified atom stereocenters. The summed E-state index contributed by atoms with van der Waals surface area (Å²) in [5, 5.41) is 18.4. The van der Waals surface area contributed by atoms with E-state index in [1.165, 1.54) is 6.07 Å². The lowest BCUT2D eigenvalue weighted by atomic mass is 10.2. The van der Waals surface area contributed by atoms with E-state index in [9.17, 15) is 9.90 Å². The van der Waals surface area contributed by atoms with E-state index in [2.05, 4.69) is 15.9 Å². The van der Waals surface area contributed by atoms with Crippen LogP contribution in [0.15, 0.2) is 22.7 Å². The first-order valence-electron chi connectivity index (χ1n) is 5.48. The summed E-state index contributed by atoms with van der Waals surface area (Å²) in [4.78, 5) is 13.6. The molecule has 0 saturated heterocycles. The molecular weight excluding hydrogens is 286 g/mol. The van der Waals surface area contributed by atoms with Crippen molar-refractivity contribution >= 4 is 21.8 Å². The number of amides is 1. The number of carbonyl (C=O) groups excluding carboxylic acids is 1. The van der Waals surface area contributed by atoms with Gasteiger partial charge >= 0.3 is 0 Å². The molecule has 1 rings (SSSR count). The molecule has 0 aromatic heterocycles. The fourth-order valence-electron chi connectivity index (χ4n) is 1.53. The number of aliphatic hydroxyl groups excluding tert-OH is 1. The summed E-state index contributed by atoms with van der Waals surface area (Å²) >= 11 is 3.16. The van der Waals surface area contributed by atoms with Crippen LogP contribution < -0.4 is 0 Å². The Bertz CT molecular complexity index is 389. The molecule has 0 radical (unpaired) electrons. The van der Waals surface area contributed by atoms with Gasteiger partial charge in [-0.25, -0.2) is 0 Å². The molecule has 17 heavy (non-hydrogen) atoms. The second-order valence-corrected chi connectivity index (χ2v) is 4.54. The first-order valence-corrected chi connectivity index (χ1v) is 6.28. The van der Waals surface area contributed by atoms with E-state index in [-0.39, 0.29) is 18.3 Å². The van der Waals surface area contributed by atoms with E-state index in [0.29, 0.717) is 23.1 Å². The smallest absolute Gasteiger partial charge is 0.254 e. The highest BCUT2D eigenvalue weighted by molar-refractivity contribution is 9.10. The van der Waals surface area contributed by atoms with Gasteiger partial charge in [0.05, 0.1) is 11.1 Å². The Morgan fingerprint density at radius 2 is 2.12 bits per heavy atom. The lowest BCUT2D eigenvalue weighted by molar-refractivity contribution is 0.0721. The van der Waals surface area contributed by atoms with E-state index < -0.39 is 0 Å². The van der Waals surface area contributed by atoms with E-state index in [1.54, 1.807) is 17.0 Å². The second-order valence-electron chi connectivity index (χ2n) is 3.68. The van der Waals surface area contributed by atoms with Crippen LogP contribution in [0.1, 0.15) is 23.7 Å². The summed E-state index contributed by atoms with van der Waals surface area (Å²) in [6.07, 6.45) is 0.828. The van der Waals surface area contributed by atoms with Crippen molar-refractivity contribution in [1.29, 1.82) is 0 Å². The Kier molecular flexibility index (Phi) is 5.44. The minimum Gasteiger partial charge on any atom is -0.507 e. The maximum Gasteiger partial charge on any atom is 0.254 e. The van der Waals surface area contributed by atoms with E-state index in [0.717, 1.165) is 6.42 Å². The molecule has 94 valence electrons. The predicted octanol–water partition coefficient (Wildman–Crippen LogP) is 2.00. The number of hydrogen-bond acceptors (Lipinski definition) is 3. The van der Waals surface area contributed by atoms with Gasteiger partial charge in [-0.15, -0.1) is 0 Å². The Morgan fingerprint density at radius 1 is 1.41 bits per heavy atom. The molecule has 0 atom stereocenters. The topological polar surface area (TPSA) is 60.8 Å². The average Bonchev–Trinajstić information content (AvgIpc) is 2.31. The number of aromatic hydroxyl groups is 1. The van der Waals surface area contributed by atoms with Crippen molar-refractivity contribution in [3.63, 3.8) is 0 Å². The Balaban J connectivity index is 2.88. The van der Waals surface area contributed by atoms with Crippen molar-refractivity contribution in [3.8, 4) is 5.75 Å². The number of halogens is 1. The van der Waals surface area contributed by atoms with Crippen LogP contribution in [0.3, 0.4) is 0 Å².